The van der Waals surface area contributed by atoms with Crippen molar-refractivity contribution in [2.75, 3.05) is 5.73 Å². The second-order valence-corrected chi connectivity index (χ2v) is 5.96. The monoisotopic (exact) mass is 294 g/mol. The minimum atomic E-state index is 0.124. The van der Waals surface area contributed by atoms with Gasteiger partial charge >= 0.3 is 0 Å². The molecule has 0 radical (unpaired) electrons. The van der Waals surface area contributed by atoms with Gasteiger partial charge in [-0.3, -0.25) is 4.79 Å². The number of nitrogens with one attached hydrogen (secondary N) is 1. The summed E-state index contributed by atoms with van der Waals surface area (Å²) in [6, 6.07) is 16.3. The summed E-state index contributed by atoms with van der Waals surface area (Å²) in [5.41, 5.74) is 10.4. The van der Waals surface area contributed by atoms with E-state index in [0.29, 0.717) is 6.42 Å². The molecule has 3 rings (SSSR count). The van der Waals surface area contributed by atoms with Gasteiger partial charge in [-0.15, -0.1) is 0 Å². The van der Waals surface area contributed by atoms with Gasteiger partial charge in [-0.2, -0.15) is 0 Å². The molecule has 22 heavy (non-hydrogen) atoms. The molecule has 0 saturated carbocycles. The van der Waals surface area contributed by atoms with Crippen LogP contribution >= 0.6 is 0 Å². The third-order valence-corrected chi connectivity index (χ3v) is 4.30. The molecule has 1 aliphatic carbocycles. The fourth-order valence-corrected chi connectivity index (χ4v) is 3.15. The molecule has 1 unspecified atom stereocenters. The van der Waals surface area contributed by atoms with Crippen molar-refractivity contribution >= 4 is 11.6 Å². The smallest absolute Gasteiger partial charge is 0.220 e. The molecule has 114 valence electrons. The highest BCUT2D eigenvalue weighted by atomic mass is 16.1. The molecule has 0 saturated heterocycles. The number of anilines is 1. The molecule has 0 spiro atoms. The van der Waals surface area contributed by atoms with Crippen molar-refractivity contribution in [3.8, 4) is 0 Å². The van der Waals surface area contributed by atoms with Crippen molar-refractivity contribution in [3.63, 3.8) is 0 Å². The molecule has 0 aromatic heterocycles. The van der Waals surface area contributed by atoms with Crippen molar-refractivity contribution in [2.45, 2.75) is 38.1 Å². The number of nitrogens with two attached hydrogens (primary N) is 1. The zero-order valence-electron chi connectivity index (χ0n) is 12.7. The van der Waals surface area contributed by atoms with Gasteiger partial charge in [-0.05, 0) is 54.5 Å². The lowest BCUT2D eigenvalue weighted by Gasteiger charge is -2.26. The van der Waals surface area contributed by atoms with Crippen LogP contribution in [0.15, 0.2) is 48.5 Å². The SMILES string of the molecule is Nc1ccc2c(c1)CCCC2NC(=O)CCc1ccccc1. The number of hydrogen-bond donors (Lipinski definition) is 2. The molecule has 0 fully saturated rings. The Morgan fingerprint density at radius 2 is 2.00 bits per heavy atom. The number of aryl methyl sites for hydroxylation is 2. The Hall–Kier alpha value is -2.29. The van der Waals surface area contributed by atoms with E-state index < -0.39 is 0 Å². The summed E-state index contributed by atoms with van der Waals surface area (Å²) in [7, 11) is 0. The van der Waals surface area contributed by atoms with Crippen molar-refractivity contribution in [1.82, 2.24) is 5.32 Å². The highest BCUT2D eigenvalue weighted by molar-refractivity contribution is 5.76. The second-order valence-electron chi connectivity index (χ2n) is 5.96. The van der Waals surface area contributed by atoms with Gasteiger partial charge in [-0.25, -0.2) is 0 Å². The second kappa shape index (κ2) is 6.65. The van der Waals surface area contributed by atoms with E-state index in [1.807, 2.05) is 30.3 Å². The van der Waals surface area contributed by atoms with Gasteiger partial charge in [0.15, 0.2) is 0 Å². The molecule has 3 N–H and O–H groups in total. The maximum atomic E-state index is 12.2. The van der Waals surface area contributed by atoms with Crippen LogP contribution in [0.4, 0.5) is 5.69 Å². The number of benzene rings is 2. The topological polar surface area (TPSA) is 55.1 Å². The summed E-state index contributed by atoms with van der Waals surface area (Å²) in [6.07, 6.45) is 4.48. The first-order valence-corrected chi connectivity index (χ1v) is 7.94. The first-order chi connectivity index (χ1) is 10.7. The normalized spacial score (nSPS) is 16.8. The zero-order valence-corrected chi connectivity index (χ0v) is 12.7. The zero-order chi connectivity index (χ0) is 15.4. The van der Waals surface area contributed by atoms with E-state index in [9.17, 15) is 4.79 Å². The van der Waals surface area contributed by atoms with E-state index >= 15 is 0 Å². The molecule has 1 atom stereocenters. The summed E-state index contributed by atoms with van der Waals surface area (Å²) < 4.78 is 0. The number of hydrogen-bond acceptors (Lipinski definition) is 2. The van der Waals surface area contributed by atoms with Crippen molar-refractivity contribution in [3.05, 3.63) is 65.2 Å². The molecule has 0 heterocycles. The molecule has 0 bridgehead atoms. The lowest BCUT2D eigenvalue weighted by atomic mass is 9.87. The molecule has 3 heteroatoms. The van der Waals surface area contributed by atoms with E-state index in [-0.39, 0.29) is 11.9 Å². The van der Waals surface area contributed by atoms with Crippen LogP contribution in [-0.2, 0) is 17.6 Å². The van der Waals surface area contributed by atoms with Gasteiger partial charge in [0.1, 0.15) is 0 Å². The number of nitrogen functional groups attached to an aromatic ring is 1. The van der Waals surface area contributed by atoms with Crippen LogP contribution in [0.25, 0.3) is 0 Å². The summed E-state index contributed by atoms with van der Waals surface area (Å²) in [5.74, 6) is 0.124. The van der Waals surface area contributed by atoms with Crippen LogP contribution < -0.4 is 11.1 Å². The summed E-state index contributed by atoms with van der Waals surface area (Å²) in [4.78, 5) is 12.2. The number of carbonyl (C=O) groups is 1. The molecular weight excluding hydrogens is 272 g/mol. The van der Waals surface area contributed by atoms with Crippen LogP contribution in [-0.4, -0.2) is 5.91 Å². The van der Waals surface area contributed by atoms with Crippen LogP contribution in [0.3, 0.4) is 0 Å². The maximum Gasteiger partial charge on any atom is 0.220 e. The van der Waals surface area contributed by atoms with E-state index in [1.165, 1.54) is 16.7 Å². The highest BCUT2D eigenvalue weighted by Crippen LogP contribution is 2.31. The van der Waals surface area contributed by atoms with Crippen LogP contribution in [0.1, 0.15) is 42.0 Å². The molecule has 0 aliphatic heterocycles. The maximum absolute atomic E-state index is 12.2. The Balaban J connectivity index is 1.61. The van der Waals surface area contributed by atoms with Gasteiger partial charge in [0.05, 0.1) is 6.04 Å². The predicted octanol–water partition coefficient (Wildman–Crippen LogP) is 3.40. The number of carbonyl (C=O) groups excluding carboxylic acids is 1. The average Bonchev–Trinajstić information content (AvgIpc) is 2.54. The molecule has 2 aromatic rings. The van der Waals surface area contributed by atoms with E-state index in [2.05, 4.69) is 23.5 Å². The Labute approximate surface area is 131 Å². The minimum Gasteiger partial charge on any atom is -0.399 e. The average molecular weight is 294 g/mol. The van der Waals surface area contributed by atoms with Gasteiger partial charge in [0.25, 0.3) is 0 Å². The summed E-state index contributed by atoms with van der Waals surface area (Å²) in [5, 5.41) is 3.19. The Kier molecular flexibility index (Phi) is 4.42. The number of amides is 1. The summed E-state index contributed by atoms with van der Waals surface area (Å²) in [6.45, 7) is 0. The fraction of sp³-hybridized carbons (Fsp3) is 0.316. The largest absolute Gasteiger partial charge is 0.399 e. The van der Waals surface area contributed by atoms with Gasteiger partial charge < -0.3 is 11.1 Å². The molecular formula is C19H22N2O. The Bertz CT molecular complexity index is 652. The molecule has 3 nitrogen and oxygen atoms in total. The Morgan fingerprint density at radius 3 is 2.82 bits per heavy atom. The van der Waals surface area contributed by atoms with E-state index in [4.69, 9.17) is 5.73 Å². The highest BCUT2D eigenvalue weighted by Gasteiger charge is 2.21. The first kappa shape index (κ1) is 14.6. The summed E-state index contributed by atoms with van der Waals surface area (Å²) >= 11 is 0. The standard InChI is InChI=1S/C19H22N2O/c20-16-10-11-17-15(13-16)7-4-8-18(17)21-19(22)12-9-14-5-2-1-3-6-14/h1-3,5-6,10-11,13,18H,4,7-9,12,20H2,(H,21,22). The molecule has 1 aliphatic rings. The number of rotatable bonds is 4. The van der Waals surface area contributed by atoms with Crippen molar-refractivity contribution < 1.29 is 4.79 Å². The minimum absolute atomic E-state index is 0.124. The number of fused-ring (bicyclic) bond motifs is 1. The lowest BCUT2D eigenvalue weighted by molar-refractivity contribution is -0.121. The third-order valence-electron chi connectivity index (χ3n) is 4.30. The van der Waals surface area contributed by atoms with Crippen LogP contribution in [0.5, 0.6) is 0 Å². The van der Waals surface area contributed by atoms with Crippen molar-refractivity contribution in [2.24, 2.45) is 0 Å². The molecule has 2 aromatic carbocycles. The van der Waals surface area contributed by atoms with E-state index in [1.54, 1.807) is 0 Å². The lowest BCUT2D eigenvalue weighted by Crippen LogP contribution is -2.31. The molecule has 1 amide bonds. The Morgan fingerprint density at radius 1 is 1.18 bits per heavy atom. The quantitative estimate of drug-likeness (QED) is 0.849. The van der Waals surface area contributed by atoms with Gasteiger partial charge in [0, 0.05) is 12.1 Å². The first-order valence-electron chi connectivity index (χ1n) is 7.94. The van der Waals surface area contributed by atoms with Gasteiger partial charge in [0.2, 0.25) is 5.91 Å². The van der Waals surface area contributed by atoms with E-state index in [0.717, 1.165) is 31.4 Å². The third kappa shape index (κ3) is 3.48. The van der Waals surface area contributed by atoms with Crippen LogP contribution in [0, 0.1) is 0 Å². The van der Waals surface area contributed by atoms with Crippen molar-refractivity contribution in [1.29, 1.82) is 0 Å². The fourth-order valence-electron chi connectivity index (χ4n) is 3.15. The predicted molar refractivity (Wildman–Crippen MR) is 89.4 cm³/mol. The van der Waals surface area contributed by atoms with Crippen LogP contribution in [0.2, 0.25) is 0 Å². The van der Waals surface area contributed by atoms with Gasteiger partial charge in [-0.1, -0.05) is 36.4 Å².